The molecule has 0 spiro atoms. The number of fused-ring (bicyclic) bond motifs is 4. The quantitative estimate of drug-likeness (QED) is 0.0250. The molecule has 8 rings (SSSR count). The zero-order valence-corrected chi connectivity index (χ0v) is 76.0. The number of thioether (sulfide) groups is 1. The molecule has 15 atom stereocenters. The number of unbranched alkanes of at least 4 members (excludes halogenated alkanes) is 2. The Morgan fingerprint density at radius 2 is 1.08 bits per heavy atom. The molecule has 25 N–H and O–H groups in total. The number of thiophene rings is 1. The second-order valence-corrected chi connectivity index (χ2v) is 35.0. The van der Waals surface area contributed by atoms with Crippen LogP contribution in [0.3, 0.4) is 0 Å². The fourth-order valence-electron chi connectivity index (χ4n) is 16.0. The molecule has 3 saturated heterocycles. The normalized spacial score (nSPS) is 25.1. The molecule has 131 heavy (non-hydrogen) atoms. The molecule has 3 aliphatic rings. The summed E-state index contributed by atoms with van der Waals surface area (Å²) in [6, 6.07) is -1.89. The Bertz CT molecular complexity index is 4920. The van der Waals surface area contributed by atoms with Crippen LogP contribution >= 0.6 is 23.1 Å². The van der Waals surface area contributed by atoms with Crippen molar-refractivity contribution in [2.75, 3.05) is 71.9 Å². The number of primary amides is 3. The number of carbonyl (C=O) groups is 18. The van der Waals surface area contributed by atoms with Crippen molar-refractivity contribution in [2.45, 2.75) is 227 Å². The lowest BCUT2D eigenvalue weighted by Gasteiger charge is -2.36. The Morgan fingerprint density at radius 3 is 1.74 bits per heavy atom. The number of carbonyl (C=O) groups excluding carboxylic acids is 18. The number of benzene rings is 3. The SMILES string of the molecule is CCCC[C@H]1C(=O)N(C)[C@@H](CCCC)C(=O)N[C@@H](CCCN)C(=O)N[C@H](C(=O)NCC(N)=O)CSCC(=O)N[C@@H](Cc2ccc(O)cc2)C(=O)N(C)[C@@H](C)C(=O)N[C@@H](CC(N)=O)C(=O)N2CCC[C@H]2C(=O)N[C@@H](CN)C(=O)N[C@@H](CCC(N)=O)C(=O)N2C[C@H](O)C[C@H]2C(=O)N[C@@H](Cc2c[nH]c3ccccc23)C(=O)N[C@@H](CCN)C(=O)N[C@@H](Cc2csc3ccccc23)C(=O)N1C. The van der Waals surface area contributed by atoms with Crippen molar-refractivity contribution in [1.82, 2.24) is 82.7 Å². The summed E-state index contributed by atoms with van der Waals surface area (Å²) >= 11 is 2.14. The number of aromatic amines is 1. The van der Waals surface area contributed by atoms with Crippen molar-refractivity contribution >= 4 is 150 Å². The highest BCUT2D eigenvalue weighted by Crippen LogP contribution is 2.30. The third-order valence-corrected chi connectivity index (χ3v) is 25.5. The van der Waals surface area contributed by atoms with Crippen LogP contribution in [-0.2, 0) is 106 Å². The number of aliphatic hydroxyl groups is 1. The van der Waals surface area contributed by atoms with Crippen LogP contribution in [0.15, 0.2) is 84.4 Å². The van der Waals surface area contributed by atoms with E-state index in [1.54, 1.807) is 36.5 Å². The standard InChI is InChI=1S/C87H124N22O20S2/c1-7-9-21-65-80(122)98-56(20-15-32-88)76(118)104-64(75(117)95-42-72(93)114)45-130-46-73(115)96-60(35-48-25-27-51(110)28-26-48)83(125)105(4)47(3)74(116)101-62(39-71(92)113)86(128)108-34-16-23-66(108)81(123)103-63(40-90)79(121)99-58(29-30-70(91)112)85(127)109-43-52(111)38-68(109)82(124)100-59(36-49-41-94-55-19-13-11-17-53(49)55)78(120)97-57(31-33-89)77(119)102-61(37-50-44-131-69-24-14-12-18-54(50)69)84(126)107(6)67(22-10-8-2)87(129)106(65)5/h11-14,17-19,24-28,41,44,47,52,56-68,94,110-111H,7-10,15-16,20-23,29-40,42-43,45-46,88-90H2,1-6H3,(H2,91,112)(H2,92,113)(H2,93,114)(H,95,117)(H,96,115)(H,97,120)(H,98,122)(H,99,121)(H,100,124)(H,101,116)(H,102,119)(H,103,123)(H,104,118)/t47-,52+,56-,57-,58-,59-,60-,61-,62-,63-,64-,65-,66-,67-,68-/m0/s1. The van der Waals surface area contributed by atoms with Crippen molar-refractivity contribution in [3.63, 3.8) is 0 Å². The molecule has 0 bridgehead atoms. The Labute approximate surface area is 765 Å². The summed E-state index contributed by atoms with van der Waals surface area (Å²) in [7, 11) is 3.95. The van der Waals surface area contributed by atoms with Crippen molar-refractivity contribution in [3.05, 3.63) is 101 Å². The number of likely N-dealkylation sites (N-methyl/N-ethyl adjacent to an activating group) is 3. The summed E-state index contributed by atoms with van der Waals surface area (Å²) in [4.78, 5) is 269. The van der Waals surface area contributed by atoms with Gasteiger partial charge in [-0.2, -0.15) is 0 Å². The number of aliphatic hydroxyl groups excluding tert-OH is 1. The van der Waals surface area contributed by atoms with Crippen molar-refractivity contribution in [1.29, 1.82) is 0 Å². The van der Waals surface area contributed by atoms with Gasteiger partial charge in [-0.05, 0) is 123 Å². The Kier molecular flexibility index (Phi) is 39.8. The maximum absolute atomic E-state index is 15.8. The maximum Gasteiger partial charge on any atom is 0.246 e. The second kappa shape index (κ2) is 50.1. The summed E-state index contributed by atoms with van der Waals surface area (Å²) in [5.41, 5.74) is 37.2. The highest BCUT2D eigenvalue weighted by atomic mass is 32.2. The number of nitrogens with zero attached hydrogens (tertiary/aromatic N) is 5. The van der Waals surface area contributed by atoms with Gasteiger partial charge < -0.3 is 127 Å². The van der Waals surface area contributed by atoms with E-state index in [9.17, 15) is 63.0 Å². The van der Waals surface area contributed by atoms with Crippen molar-refractivity contribution in [3.8, 4) is 5.75 Å². The first-order chi connectivity index (χ1) is 62.4. The lowest BCUT2D eigenvalue weighted by atomic mass is 9.99. The van der Waals surface area contributed by atoms with Gasteiger partial charge in [0, 0.05) is 100 Å². The van der Waals surface area contributed by atoms with E-state index in [1.165, 1.54) is 73.5 Å². The molecule has 0 aliphatic carbocycles. The second-order valence-electron chi connectivity index (χ2n) is 33.0. The van der Waals surface area contributed by atoms with Crippen LogP contribution in [0.1, 0.15) is 134 Å². The Morgan fingerprint density at radius 1 is 0.511 bits per heavy atom. The monoisotopic (exact) mass is 1860 g/mol. The first-order valence-corrected chi connectivity index (χ1v) is 45.9. The molecule has 44 heteroatoms. The average molecular weight is 1860 g/mol. The predicted molar refractivity (Wildman–Crippen MR) is 485 cm³/mol. The molecule has 714 valence electrons. The molecule has 0 radical (unpaired) electrons. The molecule has 2 aromatic heterocycles. The first-order valence-electron chi connectivity index (χ1n) is 43.8. The molecule has 3 aliphatic heterocycles. The van der Waals surface area contributed by atoms with Gasteiger partial charge in [0.05, 0.1) is 24.8 Å². The summed E-state index contributed by atoms with van der Waals surface area (Å²) < 4.78 is 0.831. The summed E-state index contributed by atoms with van der Waals surface area (Å²) in [5.74, 6) is -18.2. The van der Waals surface area contributed by atoms with Gasteiger partial charge in [-0.15, -0.1) is 23.1 Å². The molecular weight excluding hydrogens is 1740 g/mol. The number of amides is 18. The third kappa shape index (κ3) is 29.1. The van der Waals surface area contributed by atoms with Gasteiger partial charge in [-0.1, -0.05) is 88.1 Å². The zero-order chi connectivity index (χ0) is 96.0. The number of para-hydroxylation sites is 1. The minimum atomic E-state index is -1.80. The summed E-state index contributed by atoms with van der Waals surface area (Å²) in [6.07, 6.45) is -1.34. The molecule has 42 nitrogen and oxygen atoms in total. The fourth-order valence-corrected chi connectivity index (χ4v) is 17.8. The van der Waals surface area contributed by atoms with Crippen LogP contribution in [-0.4, -0.2) is 309 Å². The van der Waals surface area contributed by atoms with Gasteiger partial charge >= 0.3 is 0 Å². The lowest BCUT2D eigenvalue weighted by molar-refractivity contribution is -0.149. The number of hydrogen-bond acceptors (Lipinski definition) is 25. The van der Waals surface area contributed by atoms with Crippen LogP contribution in [0.5, 0.6) is 5.75 Å². The highest BCUT2D eigenvalue weighted by Gasteiger charge is 2.47. The van der Waals surface area contributed by atoms with E-state index >= 15 is 33.6 Å². The number of aromatic hydroxyl groups is 1. The molecular formula is C87H124N22O20S2. The molecule has 3 fully saturated rings. The number of H-pyrrole nitrogens is 1. The van der Waals surface area contributed by atoms with Crippen LogP contribution < -0.4 is 87.6 Å². The number of nitrogens with two attached hydrogens (primary N) is 6. The molecule has 5 heterocycles. The molecule has 5 aromatic rings. The van der Waals surface area contributed by atoms with Crippen molar-refractivity contribution in [2.24, 2.45) is 34.4 Å². The zero-order valence-electron chi connectivity index (χ0n) is 74.4. The largest absolute Gasteiger partial charge is 0.508 e. The summed E-state index contributed by atoms with van der Waals surface area (Å²) in [6.45, 7) is 2.66. The number of aromatic nitrogens is 1. The molecule has 0 saturated carbocycles. The van der Waals surface area contributed by atoms with Gasteiger partial charge in [-0.3, -0.25) is 86.3 Å². The van der Waals surface area contributed by atoms with E-state index in [2.05, 4.69) is 58.2 Å². The number of phenols is 1. The van der Waals surface area contributed by atoms with Crippen LogP contribution in [0.25, 0.3) is 21.0 Å². The van der Waals surface area contributed by atoms with Crippen molar-refractivity contribution < 1.29 is 96.5 Å². The van der Waals surface area contributed by atoms with E-state index in [0.717, 1.165) is 36.5 Å². The summed E-state index contributed by atoms with van der Waals surface area (Å²) in [5, 5.41) is 50.9. The highest BCUT2D eigenvalue weighted by molar-refractivity contribution is 8.00. The first kappa shape index (κ1) is 104. The van der Waals surface area contributed by atoms with Gasteiger partial charge in [0.2, 0.25) is 106 Å². The predicted octanol–water partition coefficient (Wildman–Crippen LogP) is -4.15. The van der Waals surface area contributed by atoms with E-state index < -0.39 is 254 Å². The van der Waals surface area contributed by atoms with E-state index in [-0.39, 0.29) is 89.6 Å². The van der Waals surface area contributed by atoms with E-state index in [4.69, 9.17) is 34.4 Å². The van der Waals surface area contributed by atoms with E-state index in [0.29, 0.717) is 53.3 Å². The minimum absolute atomic E-state index is 0.00451. The van der Waals surface area contributed by atoms with Crippen LogP contribution in [0.4, 0.5) is 0 Å². The van der Waals surface area contributed by atoms with Crippen LogP contribution in [0, 0.1) is 0 Å². The lowest BCUT2D eigenvalue weighted by Crippen LogP contribution is -2.61. The number of hydrogen-bond donors (Lipinski definition) is 19. The number of phenolic OH excluding ortho intramolecular Hbond substituents is 1. The minimum Gasteiger partial charge on any atom is -0.508 e. The third-order valence-electron chi connectivity index (χ3n) is 23.4. The van der Waals surface area contributed by atoms with Gasteiger partial charge in [0.15, 0.2) is 0 Å². The number of nitrogens with one attached hydrogen (secondary N) is 11. The maximum atomic E-state index is 15.8. The van der Waals surface area contributed by atoms with E-state index in [1.807, 2.05) is 37.4 Å². The molecule has 18 amide bonds. The Hall–Kier alpha value is -12.4. The van der Waals surface area contributed by atoms with Gasteiger partial charge in [-0.25, -0.2) is 0 Å². The smallest absolute Gasteiger partial charge is 0.246 e. The van der Waals surface area contributed by atoms with Crippen LogP contribution in [0.2, 0.25) is 0 Å². The molecule has 0 unspecified atom stereocenters. The van der Waals surface area contributed by atoms with Gasteiger partial charge in [0.25, 0.3) is 0 Å². The fraction of sp³-hybridized carbons (Fsp3) is 0.540. The number of rotatable bonds is 26. The van der Waals surface area contributed by atoms with Gasteiger partial charge in [0.1, 0.15) is 90.3 Å². The molecule has 3 aromatic carbocycles. The Balaban J connectivity index is 1.19. The topological polar surface area (TPSA) is 656 Å². The average Bonchev–Trinajstić information content (AvgIpc) is 1.07.